The summed E-state index contributed by atoms with van der Waals surface area (Å²) >= 11 is 0. The third kappa shape index (κ3) is 3.80. The van der Waals surface area contributed by atoms with Gasteiger partial charge in [-0.05, 0) is 25.0 Å². The molecule has 2 aromatic rings. The van der Waals surface area contributed by atoms with Gasteiger partial charge in [-0.25, -0.2) is 4.68 Å². The third-order valence-corrected chi connectivity index (χ3v) is 3.45. The van der Waals surface area contributed by atoms with Crippen molar-refractivity contribution in [3.8, 4) is 11.8 Å². The Morgan fingerprint density at radius 2 is 2.13 bits per heavy atom. The largest absolute Gasteiger partial charge is 0.382 e. The second kappa shape index (κ2) is 7.84. The molecule has 2 rings (SSSR count). The Morgan fingerprint density at radius 3 is 2.74 bits per heavy atom. The average molecular weight is 311 g/mol. The van der Waals surface area contributed by atoms with Crippen molar-refractivity contribution in [1.29, 1.82) is 5.26 Å². The summed E-state index contributed by atoms with van der Waals surface area (Å²) in [5, 5.41) is 20.0. The van der Waals surface area contributed by atoms with E-state index in [-0.39, 0.29) is 0 Å². The highest BCUT2D eigenvalue weighted by Gasteiger charge is 2.15. The zero-order chi connectivity index (χ0) is 16.7. The van der Waals surface area contributed by atoms with Gasteiger partial charge in [-0.2, -0.15) is 10.4 Å². The van der Waals surface area contributed by atoms with E-state index in [4.69, 9.17) is 5.73 Å². The van der Waals surface area contributed by atoms with Gasteiger partial charge < -0.3 is 16.4 Å². The number of benzene rings is 1. The van der Waals surface area contributed by atoms with Gasteiger partial charge in [0.15, 0.2) is 5.96 Å². The van der Waals surface area contributed by atoms with Crippen molar-refractivity contribution < 1.29 is 0 Å². The van der Waals surface area contributed by atoms with Crippen LogP contribution in [0.25, 0.3) is 5.69 Å². The van der Waals surface area contributed by atoms with Crippen LogP contribution >= 0.6 is 0 Å². The summed E-state index contributed by atoms with van der Waals surface area (Å²) < 4.78 is 1.62. The van der Waals surface area contributed by atoms with Crippen molar-refractivity contribution in [2.45, 2.75) is 12.8 Å². The molecule has 0 aliphatic rings. The molecular weight excluding hydrogens is 290 g/mol. The first-order valence-corrected chi connectivity index (χ1v) is 7.42. The molecule has 23 heavy (non-hydrogen) atoms. The minimum Gasteiger partial charge on any atom is -0.382 e. The standard InChI is InChI=1S/C16H21N7/c1-19-16(20-2)21-10-6-9-14-13(11-17)15(18)23(22-14)12-7-4-3-5-8-12/h3-5,7-8H,6,9-10,18H2,1-2H3,(H2,19,20,21). The van der Waals surface area contributed by atoms with Crippen LogP contribution < -0.4 is 16.4 Å². The van der Waals surface area contributed by atoms with E-state index in [1.807, 2.05) is 37.4 Å². The van der Waals surface area contributed by atoms with Gasteiger partial charge in [0.1, 0.15) is 17.5 Å². The number of nitrogens with zero attached hydrogens (tertiary/aromatic N) is 4. The van der Waals surface area contributed by atoms with Crippen LogP contribution in [0.3, 0.4) is 0 Å². The second-order valence-corrected chi connectivity index (χ2v) is 4.92. The Kier molecular flexibility index (Phi) is 5.58. The summed E-state index contributed by atoms with van der Waals surface area (Å²) in [6, 6.07) is 11.7. The second-order valence-electron chi connectivity index (χ2n) is 4.92. The number of hydrogen-bond acceptors (Lipinski definition) is 4. The molecule has 1 aromatic carbocycles. The number of aryl methyl sites for hydroxylation is 1. The number of nitrogens with one attached hydrogen (secondary N) is 2. The van der Waals surface area contributed by atoms with E-state index in [0.717, 1.165) is 30.3 Å². The lowest BCUT2D eigenvalue weighted by atomic mass is 10.1. The van der Waals surface area contributed by atoms with Crippen molar-refractivity contribution in [3.05, 3.63) is 41.6 Å². The van der Waals surface area contributed by atoms with Gasteiger partial charge in [0, 0.05) is 20.6 Å². The number of rotatable bonds is 5. The van der Waals surface area contributed by atoms with Gasteiger partial charge in [0.25, 0.3) is 0 Å². The monoisotopic (exact) mass is 311 g/mol. The van der Waals surface area contributed by atoms with Crippen molar-refractivity contribution in [1.82, 2.24) is 20.4 Å². The van der Waals surface area contributed by atoms with Crippen molar-refractivity contribution in [2.75, 3.05) is 26.4 Å². The van der Waals surface area contributed by atoms with Crippen LogP contribution in [0.4, 0.5) is 5.82 Å². The van der Waals surface area contributed by atoms with Crippen molar-refractivity contribution in [3.63, 3.8) is 0 Å². The minimum absolute atomic E-state index is 0.382. The fourth-order valence-electron chi connectivity index (χ4n) is 2.28. The number of aromatic nitrogens is 2. The summed E-state index contributed by atoms with van der Waals surface area (Å²) in [6.07, 6.45) is 1.49. The molecule has 0 aliphatic heterocycles. The quantitative estimate of drug-likeness (QED) is 0.435. The van der Waals surface area contributed by atoms with E-state index in [1.54, 1.807) is 11.7 Å². The SMILES string of the molecule is CN=C(NC)NCCCc1nn(-c2ccccc2)c(N)c1C#N. The van der Waals surface area contributed by atoms with Gasteiger partial charge in [0.05, 0.1) is 11.4 Å². The molecule has 0 radical (unpaired) electrons. The fourth-order valence-corrected chi connectivity index (χ4v) is 2.28. The summed E-state index contributed by atoms with van der Waals surface area (Å²) in [4.78, 5) is 4.05. The molecule has 0 amide bonds. The fraction of sp³-hybridized carbons (Fsp3) is 0.312. The van der Waals surface area contributed by atoms with Crippen LogP contribution in [0.1, 0.15) is 17.7 Å². The first-order chi connectivity index (χ1) is 11.2. The van der Waals surface area contributed by atoms with Gasteiger partial charge in [0.2, 0.25) is 0 Å². The highest BCUT2D eigenvalue weighted by atomic mass is 15.3. The van der Waals surface area contributed by atoms with Crippen molar-refractivity contribution >= 4 is 11.8 Å². The topological polar surface area (TPSA) is 104 Å². The van der Waals surface area contributed by atoms with Crippen LogP contribution in [0.15, 0.2) is 35.3 Å². The van der Waals surface area contributed by atoms with Crippen LogP contribution in [0, 0.1) is 11.3 Å². The molecule has 0 unspecified atom stereocenters. The maximum absolute atomic E-state index is 9.35. The summed E-state index contributed by atoms with van der Waals surface area (Å²) in [5.41, 5.74) is 8.09. The zero-order valence-corrected chi connectivity index (χ0v) is 13.4. The third-order valence-electron chi connectivity index (χ3n) is 3.45. The zero-order valence-electron chi connectivity index (χ0n) is 13.4. The predicted molar refractivity (Wildman–Crippen MR) is 91.4 cm³/mol. The first-order valence-electron chi connectivity index (χ1n) is 7.42. The predicted octanol–water partition coefficient (Wildman–Crippen LogP) is 1.05. The molecule has 0 saturated heterocycles. The number of para-hydroxylation sites is 1. The Morgan fingerprint density at radius 1 is 1.39 bits per heavy atom. The maximum Gasteiger partial charge on any atom is 0.190 e. The summed E-state index contributed by atoms with van der Waals surface area (Å²) in [7, 11) is 3.53. The lowest BCUT2D eigenvalue weighted by Gasteiger charge is -2.07. The molecule has 7 heteroatoms. The van der Waals surface area contributed by atoms with E-state index in [9.17, 15) is 5.26 Å². The van der Waals surface area contributed by atoms with E-state index in [1.165, 1.54) is 0 Å². The number of nitriles is 1. The molecule has 120 valence electrons. The molecule has 0 fully saturated rings. The molecule has 0 spiro atoms. The minimum atomic E-state index is 0.382. The number of guanidine groups is 1. The normalized spacial score (nSPS) is 11.1. The van der Waals surface area contributed by atoms with Gasteiger partial charge in [-0.3, -0.25) is 4.99 Å². The van der Waals surface area contributed by atoms with Crippen LogP contribution in [0.5, 0.6) is 0 Å². The lowest BCUT2D eigenvalue weighted by Crippen LogP contribution is -2.35. The first kappa shape index (κ1) is 16.4. The molecule has 0 bridgehead atoms. The van der Waals surface area contributed by atoms with Crippen LogP contribution in [-0.2, 0) is 6.42 Å². The highest BCUT2D eigenvalue weighted by molar-refractivity contribution is 5.79. The molecule has 0 saturated carbocycles. The molecular formula is C16H21N7. The number of nitrogen functional groups attached to an aromatic ring is 1. The molecule has 0 atom stereocenters. The van der Waals surface area contributed by atoms with Crippen LogP contribution in [-0.4, -0.2) is 36.4 Å². The van der Waals surface area contributed by atoms with Crippen LogP contribution in [0.2, 0.25) is 0 Å². The van der Waals surface area contributed by atoms with Gasteiger partial charge >= 0.3 is 0 Å². The summed E-state index contributed by atoms with van der Waals surface area (Å²) in [5.74, 6) is 1.12. The molecule has 4 N–H and O–H groups in total. The van der Waals surface area contributed by atoms with Gasteiger partial charge in [-0.1, -0.05) is 18.2 Å². The summed E-state index contributed by atoms with van der Waals surface area (Å²) in [6.45, 7) is 0.733. The average Bonchev–Trinajstić information content (AvgIpc) is 2.91. The van der Waals surface area contributed by atoms with E-state index in [0.29, 0.717) is 17.8 Å². The number of anilines is 1. The Bertz CT molecular complexity index is 710. The smallest absolute Gasteiger partial charge is 0.190 e. The number of nitrogens with two attached hydrogens (primary N) is 1. The van der Waals surface area contributed by atoms with E-state index in [2.05, 4.69) is 26.8 Å². The van der Waals surface area contributed by atoms with Crippen molar-refractivity contribution in [2.24, 2.45) is 4.99 Å². The molecule has 0 aliphatic carbocycles. The number of aliphatic imine (C=N–C) groups is 1. The molecule has 1 heterocycles. The Hall–Kier alpha value is -3.01. The van der Waals surface area contributed by atoms with E-state index >= 15 is 0 Å². The number of hydrogen-bond donors (Lipinski definition) is 3. The van der Waals surface area contributed by atoms with E-state index < -0.39 is 0 Å². The highest BCUT2D eigenvalue weighted by Crippen LogP contribution is 2.21. The lowest BCUT2D eigenvalue weighted by molar-refractivity contribution is 0.731. The Labute approximate surface area is 135 Å². The van der Waals surface area contributed by atoms with Gasteiger partial charge in [-0.15, -0.1) is 0 Å². The maximum atomic E-state index is 9.35. The molecule has 7 nitrogen and oxygen atoms in total. The molecule has 1 aromatic heterocycles. The Balaban J connectivity index is 2.10.